The van der Waals surface area contributed by atoms with E-state index in [0.29, 0.717) is 12.3 Å². The van der Waals surface area contributed by atoms with Gasteiger partial charge in [0.2, 0.25) is 0 Å². The minimum atomic E-state index is -0.871. The Kier molecular flexibility index (Phi) is 7.34. The van der Waals surface area contributed by atoms with E-state index in [9.17, 15) is 14.1 Å². The molecule has 134 valence electrons. The smallest absolute Gasteiger partial charge is 0.315 e. The van der Waals surface area contributed by atoms with Crippen LogP contribution in [0.3, 0.4) is 0 Å². The minimum absolute atomic E-state index is 0.00619. The van der Waals surface area contributed by atoms with Gasteiger partial charge < -0.3 is 15.7 Å². The van der Waals surface area contributed by atoms with Crippen molar-refractivity contribution in [1.82, 2.24) is 10.6 Å². The SMILES string of the molecule is CC[S@@](=O)[C@@H]1CCCC[C@@H]1NC(=O)NCC1(O)CCCCCC1. The van der Waals surface area contributed by atoms with Crippen LogP contribution < -0.4 is 10.6 Å². The molecule has 0 aromatic carbocycles. The summed E-state index contributed by atoms with van der Waals surface area (Å²) in [4.78, 5) is 12.2. The van der Waals surface area contributed by atoms with E-state index in [1.54, 1.807) is 0 Å². The summed E-state index contributed by atoms with van der Waals surface area (Å²) >= 11 is 0. The number of carbonyl (C=O) groups is 1. The van der Waals surface area contributed by atoms with Crippen molar-refractivity contribution in [3.63, 3.8) is 0 Å². The molecule has 2 aliphatic rings. The Hall–Kier alpha value is -0.620. The molecule has 0 heterocycles. The van der Waals surface area contributed by atoms with Crippen molar-refractivity contribution in [3.05, 3.63) is 0 Å². The predicted octanol–water partition coefficient (Wildman–Crippen LogP) is 2.45. The second kappa shape index (κ2) is 9.02. The molecule has 23 heavy (non-hydrogen) atoms. The molecule has 3 atom stereocenters. The number of aliphatic hydroxyl groups is 1. The van der Waals surface area contributed by atoms with Crippen molar-refractivity contribution in [2.45, 2.75) is 88.0 Å². The van der Waals surface area contributed by atoms with Crippen molar-refractivity contribution in [1.29, 1.82) is 0 Å². The zero-order valence-corrected chi connectivity index (χ0v) is 15.1. The van der Waals surface area contributed by atoms with Gasteiger partial charge in [-0.1, -0.05) is 45.4 Å². The van der Waals surface area contributed by atoms with E-state index >= 15 is 0 Å². The molecular weight excluding hydrogens is 312 g/mol. The van der Waals surface area contributed by atoms with Crippen LogP contribution in [0.15, 0.2) is 0 Å². The maximum absolute atomic E-state index is 12.2. The number of rotatable bonds is 5. The van der Waals surface area contributed by atoms with Gasteiger partial charge in [0.15, 0.2) is 0 Å². The molecule has 2 amide bonds. The summed E-state index contributed by atoms with van der Waals surface area (Å²) in [6.45, 7) is 2.25. The van der Waals surface area contributed by atoms with Gasteiger partial charge in [0, 0.05) is 29.1 Å². The highest BCUT2D eigenvalue weighted by Gasteiger charge is 2.32. The van der Waals surface area contributed by atoms with Crippen LogP contribution in [0.4, 0.5) is 4.79 Å². The van der Waals surface area contributed by atoms with Crippen LogP contribution in [0.1, 0.15) is 71.1 Å². The van der Waals surface area contributed by atoms with E-state index in [1.165, 1.54) is 12.8 Å². The first kappa shape index (κ1) is 18.7. The van der Waals surface area contributed by atoms with Gasteiger partial charge in [0.1, 0.15) is 0 Å². The number of urea groups is 1. The Morgan fingerprint density at radius 2 is 1.78 bits per heavy atom. The van der Waals surface area contributed by atoms with Crippen LogP contribution in [0, 0.1) is 0 Å². The molecule has 0 aromatic heterocycles. The first-order valence-corrected chi connectivity index (χ1v) is 10.6. The molecular formula is C17H32N2O3S. The Morgan fingerprint density at radius 3 is 2.43 bits per heavy atom. The number of nitrogens with one attached hydrogen (secondary N) is 2. The number of hydrogen-bond acceptors (Lipinski definition) is 3. The maximum atomic E-state index is 12.2. The lowest BCUT2D eigenvalue weighted by Crippen LogP contribution is -2.53. The molecule has 2 rings (SSSR count). The van der Waals surface area contributed by atoms with Crippen LogP contribution in [0.25, 0.3) is 0 Å². The van der Waals surface area contributed by atoms with Crippen LogP contribution in [-0.2, 0) is 10.8 Å². The summed E-state index contributed by atoms with van der Waals surface area (Å²) in [7, 11) is -0.871. The lowest BCUT2D eigenvalue weighted by Gasteiger charge is -2.32. The highest BCUT2D eigenvalue weighted by atomic mass is 32.2. The quantitative estimate of drug-likeness (QED) is 0.670. The first-order chi connectivity index (χ1) is 11.0. The van der Waals surface area contributed by atoms with E-state index in [4.69, 9.17) is 0 Å². The van der Waals surface area contributed by atoms with Crippen LogP contribution in [0.2, 0.25) is 0 Å². The third kappa shape index (κ3) is 5.75. The molecule has 0 radical (unpaired) electrons. The van der Waals surface area contributed by atoms with Crippen molar-refractivity contribution in [3.8, 4) is 0 Å². The second-order valence-electron chi connectivity index (χ2n) is 7.06. The van der Waals surface area contributed by atoms with Gasteiger partial charge in [0.05, 0.1) is 10.9 Å². The van der Waals surface area contributed by atoms with Crippen molar-refractivity contribution in [2.24, 2.45) is 0 Å². The maximum Gasteiger partial charge on any atom is 0.315 e. The molecule has 5 nitrogen and oxygen atoms in total. The largest absolute Gasteiger partial charge is 0.388 e. The third-order valence-corrected chi connectivity index (χ3v) is 7.06. The van der Waals surface area contributed by atoms with Gasteiger partial charge in [-0.15, -0.1) is 0 Å². The van der Waals surface area contributed by atoms with Crippen LogP contribution in [0.5, 0.6) is 0 Å². The molecule has 2 aliphatic carbocycles. The van der Waals surface area contributed by atoms with Gasteiger partial charge in [-0.3, -0.25) is 4.21 Å². The van der Waals surface area contributed by atoms with E-state index in [2.05, 4.69) is 10.6 Å². The first-order valence-electron chi connectivity index (χ1n) is 9.18. The summed E-state index contributed by atoms with van der Waals surface area (Å²) in [5.41, 5.74) is -0.758. The fourth-order valence-electron chi connectivity index (χ4n) is 3.82. The average Bonchev–Trinajstić information content (AvgIpc) is 2.78. The van der Waals surface area contributed by atoms with Gasteiger partial charge >= 0.3 is 6.03 Å². The van der Waals surface area contributed by atoms with E-state index < -0.39 is 16.4 Å². The summed E-state index contributed by atoms with van der Waals surface area (Å²) in [5.74, 6) is 0.643. The van der Waals surface area contributed by atoms with E-state index in [1.807, 2.05) is 6.92 Å². The summed E-state index contributed by atoms with van der Waals surface area (Å²) in [5, 5.41) is 16.5. The van der Waals surface area contributed by atoms with Crippen LogP contribution in [-0.4, -0.2) is 44.5 Å². The van der Waals surface area contributed by atoms with Gasteiger partial charge in [-0.2, -0.15) is 0 Å². The fourth-order valence-corrected chi connectivity index (χ4v) is 5.25. The van der Waals surface area contributed by atoms with E-state index in [-0.39, 0.29) is 17.3 Å². The number of carbonyl (C=O) groups excluding carboxylic acids is 1. The average molecular weight is 345 g/mol. The van der Waals surface area contributed by atoms with Crippen molar-refractivity contribution >= 4 is 16.8 Å². The summed E-state index contributed by atoms with van der Waals surface area (Å²) in [6.07, 6.45) is 9.91. The van der Waals surface area contributed by atoms with Crippen molar-refractivity contribution in [2.75, 3.05) is 12.3 Å². The van der Waals surface area contributed by atoms with Crippen LogP contribution >= 0.6 is 0 Å². The zero-order valence-electron chi connectivity index (χ0n) is 14.3. The van der Waals surface area contributed by atoms with Crippen molar-refractivity contribution < 1.29 is 14.1 Å². The summed E-state index contributed by atoms with van der Waals surface area (Å²) < 4.78 is 12.2. The number of amides is 2. The van der Waals surface area contributed by atoms with E-state index in [0.717, 1.165) is 51.4 Å². The molecule has 0 aliphatic heterocycles. The standard InChI is InChI=1S/C17H32N2O3S/c1-2-23(22)15-10-6-5-9-14(15)19-16(20)18-13-17(21)11-7-3-4-8-12-17/h14-15,21H,2-13H2,1H3,(H2,18,19,20)/t14-,15+,23+/m0/s1. The zero-order chi connectivity index (χ0) is 16.7. The lowest BCUT2D eigenvalue weighted by atomic mass is 9.94. The van der Waals surface area contributed by atoms with Gasteiger partial charge in [0.25, 0.3) is 0 Å². The highest BCUT2D eigenvalue weighted by Crippen LogP contribution is 2.26. The molecule has 0 spiro atoms. The minimum Gasteiger partial charge on any atom is -0.388 e. The van der Waals surface area contributed by atoms with Gasteiger partial charge in [-0.05, 0) is 25.7 Å². The monoisotopic (exact) mass is 344 g/mol. The molecule has 0 saturated heterocycles. The molecule has 0 bridgehead atoms. The second-order valence-corrected chi connectivity index (χ2v) is 9.01. The number of hydrogen-bond donors (Lipinski definition) is 3. The topological polar surface area (TPSA) is 78.4 Å². The lowest BCUT2D eigenvalue weighted by molar-refractivity contribution is 0.0275. The third-order valence-electron chi connectivity index (χ3n) is 5.25. The normalized spacial score (nSPS) is 29.3. The molecule has 6 heteroatoms. The molecule has 0 aromatic rings. The molecule has 2 fully saturated rings. The molecule has 0 unspecified atom stereocenters. The molecule has 3 N–H and O–H groups in total. The van der Waals surface area contributed by atoms with Gasteiger partial charge in [-0.25, -0.2) is 4.79 Å². The Balaban J connectivity index is 1.82. The fraction of sp³-hybridized carbons (Fsp3) is 0.941. The predicted molar refractivity (Wildman–Crippen MR) is 93.9 cm³/mol. The highest BCUT2D eigenvalue weighted by molar-refractivity contribution is 7.85. The Morgan fingerprint density at radius 1 is 1.13 bits per heavy atom. The Labute approximate surface area is 142 Å². The molecule has 2 saturated carbocycles. The Bertz CT molecular complexity index is 409. The summed E-state index contributed by atoms with van der Waals surface area (Å²) in [6, 6.07) is -0.235.